The zero-order valence-corrected chi connectivity index (χ0v) is 13.5. The maximum Gasteiger partial charge on any atom is 0.274 e. The van der Waals surface area contributed by atoms with Gasteiger partial charge in [0.25, 0.3) is 5.91 Å². The molecule has 2 aromatic rings. The summed E-state index contributed by atoms with van der Waals surface area (Å²) in [4.78, 5) is 18.7. The van der Waals surface area contributed by atoms with E-state index in [1.807, 2.05) is 50.4 Å². The molecule has 0 saturated heterocycles. The molecular formula is C18H23N3O. The minimum absolute atomic E-state index is 0.184. The topological polar surface area (TPSA) is 45.2 Å². The monoisotopic (exact) mass is 297 g/mol. The van der Waals surface area contributed by atoms with Crippen molar-refractivity contribution in [3.8, 4) is 0 Å². The number of rotatable bonds is 6. The van der Waals surface area contributed by atoms with Crippen molar-refractivity contribution in [1.29, 1.82) is 0 Å². The van der Waals surface area contributed by atoms with Crippen molar-refractivity contribution in [1.82, 2.24) is 4.98 Å². The van der Waals surface area contributed by atoms with Crippen LogP contribution in [0.25, 0.3) is 0 Å². The quantitative estimate of drug-likeness (QED) is 0.880. The summed E-state index contributed by atoms with van der Waals surface area (Å²) >= 11 is 0. The molecule has 0 aliphatic carbocycles. The molecule has 1 heterocycles. The summed E-state index contributed by atoms with van der Waals surface area (Å²) in [6.07, 6.45) is 3.96. The van der Waals surface area contributed by atoms with E-state index in [4.69, 9.17) is 0 Å². The van der Waals surface area contributed by atoms with Gasteiger partial charge in [0, 0.05) is 31.2 Å². The lowest BCUT2D eigenvalue weighted by Crippen LogP contribution is -2.20. The summed E-state index contributed by atoms with van der Waals surface area (Å²) in [7, 11) is 2.03. The third-order valence-corrected chi connectivity index (χ3v) is 3.54. The van der Waals surface area contributed by atoms with Gasteiger partial charge < -0.3 is 10.2 Å². The number of anilines is 2. The van der Waals surface area contributed by atoms with Gasteiger partial charge in [0.15, 0.2) is 0 Å². The average Bonchev–Trinajstić information content (AvgIpc) is 2.52. The fourth-order valence-corrected chi connectivity index (χ4v) is 2.22. The summed E-state index contributed by atoms with van der Waals surface area (Å²) < 4.78 is 0. The second kappa shape index (κ2) is 7.59. The molecule has 1 amide bonds. The van der Waals surface area contributed by atoms with E-state index in [1.165, 1.54) is 0 Å². The highest BCUT2D eigenvalue weighted by Crippen LogP contribution is 2.16. The van der Waals surface area contributed by atoms with Gasteiger partial charge in [-0.1, -0.05) is 25.5 Å². The van der Waals surface area contributed by atoms with Crippen LogP contribution >= 0.6 is 0 Å². The first-order valence-corrected chi connectivity index (χ1v) is 7.65. The number of aromatic nitrogens is 1. The molecule has 0 spiro atoms. The van der Waals surface area contributed by atoms with Crippen molar-refractivity contribution in [3.05, 3.63) is 53.9 Å². The van der Waals surface area contributed by atoms with Crippen molar-refractivity contribution in [2.75, 3.05) is 23.8 Å². The second-order valence-electron chi connectivity index (χ2n) is 5.50. The largest absolute Gasteiger partial charge is 0.374 e. The molecule has 116 valence electrons. The van der Waals surface area contributed by atoms with Gasteiger partial charge in [-0.05, 0) is 43.2 Å². The fourth-order valence-electron chi connectivity index (χ4n) is 2.22. The first-order valence-electron chi connectivity index (χ1n) is 7.65. The minimum Gasteiger partial charge on any atom is -0.374 e. The lowest BCUT2D eigenvalue weighted by molar-refractivity contribution is 0.102. The van der Waals surface area contributed by atoms with Crippen LogP contribution in [0.15, 0.2) is 42.6 Å². The number of benzene rings is 1. The Kier molecular flexibility index (Phi) is 5.53. The molecule has 2 rings (SSSR count). The molecule has 0 saturated carbocycles. The Bertz CT molecular complexity index is 640. The van der Waals surface area contributed by atoms with Crippen LogP contribution in [-0.2, 0) is 0 Å². The highest BCUT2D eigenvalue weighted by molar-refractivity contribution is 6.03. The maximum atomic E-state index is 12.3. The third-order valence-electron chi connectivity index (χ3n) is 3.54. The molecule has 4 heteroatoms. The lowest BCUT2D eigenvalue weighted by atomic mass is 10.2. The zero-order valence-electron chi connectivity index (χ0n) is 13.5. The highest BCUT2D eigenvalue weighted by Gasteiger charge is 2.10. The van der Waals surface area contributed by atoms with Gasteiger partial charge in [0.05, 0.1) is 0 Å². The van der Waals surface area contributed by atoms with E-state index in [-0.39, 0.29) is 5.91 Å². The predicted molar refractivity (Wildman–Crippen MR) is 91.5 cm³/mol. The number of nitrogens with zero attached hydrogens (tertiary/aromatic N) is 2. The Labute approximate surface area is 132 Å². The number of hydrogen-bond acceptors (Lipinski definition) is 3. The number of carbonyl (C=O) groups excluding carboxylic acids is 1. The Morgan fingerprint density at radius 1 is 1.27 bits per heavy atom. The van der Waals surface area contributed by atoms with Gasteiger partial charge in [-0.25, -0.2) is 0 Å². The summed E-state index contributed by atoms with van der Waals surface area (Å²) in [5, 5.41) is 2.89. The van der Waals surface area contributed by atoms with Crippen LogP contribution in [0.5, 0.6) is 0 Å². The molecule has 22 heavy (non-hydrogen) atoms. The van der Waals surface area contributed by atoms with Crippen molar-refractivity contribution < 1.29 is 4.79 Å². The van der Waals surface area contributed by atoms with Crippen LogP contribution in [0.2, 0.25) is 0 Å². The van der Waals surface area contributed by atoms with Gasteiger partial charge in [0.1, 0.15) is 5.69 Å². The van der Waals surface area contributed by atoms with Gasteiger partial charge in [-0.3, -0.25) is 9.78 Å². The molecule has 0 aliphatic rings. The Balaban J connectivity index is 2.10. The Morgan fingerprint density at radius 2 is 2.09 bits per heavy atom. The summed E-state index contributed by atoms with van der Waals surface area (Å²) in [6, 6.07) is 11.5. The van der Waals surface area contributed by atoms with Crippen LogP contribution in [-0.4, -0.2) is 24.5 Å². The zero-order chi connectivity index (χ0) is 15.9. The summed E-state index contributed by atoms with van der Waals surface area (Å²) in [6.45, 7) is 5.14. The van der Waals surface area contributed by atoms with Gasteiger partial charge in [-0.15, -0.1) is 0 Å². The molecule has 0 aliphatic heterocycles. The van der Waals surface area contributed by atoms with E-state index in [0.717, 1.165) is 36.3 Å². The van der Waals surface area contributed by atoms with E-state index >= 15 is 0 Å². The number of unbranched alkanes of at least 4 members (excludes halogenated alkanes) is 1. The number of nitrogens with one attached hydrogen (secondary N) is 1. The van der Waals surface area contributed by atoms with E-state index in [9.17, 15) is 4.79 Å². The van der Waals surface area contributed by atoms with Crippen molar-refractivity contribution in [2.24, 2.45) is 0 Å². The number of amides is 1. The standard InChI is InChI=1S/C18H23N3O/c1-4-5-11-21(3)16-9-10-19-17(13-16)18(22)20-15-8-6-7-14(2)12-15/h6-10,12-13H,4-5,11H2,1-3H3,(H,20,22). The number of pyridine rings is 1. The lowest BCUT2D eigenvalue weighted by Gasteiger charge is -2.19. The normalized spacial score (nSPS) is 10.3. The van der Waals surface area contributed by atoms with Crippen molar-refractivity contribution in [2.45, 2.75) is 26.7 Å². The Morgan fingerprint density at radius 3 is 2.82 bits per heavy atom. The molecular weight excluding hydrogens is 274 g/mol. The molecule has 1 aromatic heterocycles. The number of aryl methyl sites for hydroxylation is 1. The molecule has 1 N–H and O–H groups in total. The second-order valence-corrected chi connectivity index (χ2v) is 5.50. The molecule has 1 aromatic carbocycles. The van der Waals surface area contributed by atoms with Crippen LogP contribution in [0.4, 0.5) is 11.4 Å². The van der Waals surface area contributed by atoms with Crippen LogP contribution in [0.3, 0.4) is 0 Å². The molecule has 0 unspecified atom stereocenters. The Hall–Kier alpha value is -2.36. The molecule has 0 radical (unpaired) electrons. The van der Waals surface area contributed by atoms with Gasteiger partial charge in [0.2, 0.25) is 0 Å². The summed E-state index contributed by atoms with van der Waals surface area (Å²) in [5.74, 6) is -0.184. The number of carbonyl (C=O) groups is 1. The van der Waals surface area contributed by atoms with Crippen LogP contribution in [0, 0.1) is 6.92 Å². The fraction of sp³-hybridized carbons (Fsp3) is 0.333. The third kappa shape index (κ3) is 4.32. The van der Waals surface area contributed by atoms with E-state index < -0.39 is 0 Å². The average molecular weight is 297 g/mol. The van der Waals surface area contributed by atoms with Crippen molar-refractivity contribution in [3.63, 3.8) is 0 Å². The highest BCUT2D eigenvalue weighted by atomic mass is 16.1. The first-order chi connectivity index (χ1) is 10.6. The van der Waals surface area contributed by atoms with E-state index in [2.05, 4.69) is 22.1 Å². The molecule has 4 nitrogen and oxygen atoms in total. The number of hydrogen-bond donors (Lipinski definition) is 1. The van der Waals surface area contributed by atoms with E-state index in [1.54, 1.807) is 6.20 Å². The van der Waals surface area contributed by atoms with Crippen LogP contribution in [0.1, 0.15) is 35.8 Å². The van der Waals surface area contributed by atoms with Gasteiger partial charge >= 0.3 is 0 Å². The molecule has 0 bridgehead atoms. The smallest absolute Gasteiger partial charge is 0.274 e. The maximum absolute atomic E-state index is 12.3. The summed E-state index contributed by atoms with van der Waals surface area (Å²) in [5.41, 5.74) is 3.34. The molecule has 0 fully saturated rings. The van der Waals surface area contributed by atoms with E-state index in [0.29, 0.717) is 5.69 Å². The van der Waals surface area contributed by atoms with Crippen LogP contribution < -0.4 is 10.2 Å². The van der Waals surface area contributed by atoms with Gasteiger partial charge in [-0.2, -0.15) is 0 Å². The van der Waals surface area contributed by atoms with Crippen molar-refractivity contribution >= 4 is 17.3 Å². The predicted octanol–water partition coefficient (Wildman–Crippen LogP) is 3.88. The SMILES string of the molecule is CCCCN(C)c1ccnc(C(=O)Nc2cccc(C)c2)c1. The first kappa shape index (κ1) is 16.0. The molecule has 0 atom stereocenters. The minimum atomic E-state index is -0.184.